The van der Waals surface area contributed by atoms with Crippen LogP contribution in [-0.4, -0.2) is 73.5 Å². The van der Waals surface area contributed by atoms with Gasteiger partial charge < -0.3 is 34.9 Å². The van der Waals surface area contributed by atoms with E-state index < -0.39 is 24.8 Å². The topological polar surface area (TPSA) is 109 Å². The fourth-order valence-corrected chi connectivity index (χ4v) is 2.57. The molecule has 0 aliphatic carbocycles. The van der Waals surface area contributed by atoms with Gasteiger partial charge in [-0.3, -0.25) is 4.79 Å². The van der Waals surface area contributed by atoms with Crippen LogP contribution in [0.1, 0.15) is 40.0 Å². The predicted molar refractivity (Wildman–Crippen MR) is 95.0 cm³/mol. The average molecular weight is 360 g/mol. The molecule has 0 saturated carbocycles. The van der Waals surface area contributed by atoms with E-state index in [1.807, 2.05) is 20.8 Å². The van der Waals surface area contributed by atoms with Gasteiger partial charge in [0.1, 0.15) is 12.7 Å². The largest absolute Gasteiger partial charge is 0.462 e. The minimum atomic E-state index is -0.796. The summed E-state index contributed by atoms with van der Waals surface area (Å²) in [6.07, 6.45) is 1.95. The molecule has 3 atom stereocenters. The first-order chi connectivity index (χ1) is 11.7. The van der Waals surface area contributed by atoms with Crippen molar-refractivity contribution in [2.75, 3.05) is 26.4 Å². The molecule has 1 aliphatic rings. The maximum absolute atomic E-state index is 12.3. The van der Waals surface area contributed by atoms with Crippen molar-refractivity contribution < 1.29 is 29.1 Å². The summed E-state index contributed by atoms with van der Waals surface area (Å²) >= 11 is 0. The number of esters is 1. The molecule has 0 aromatic heterocycles. The smallest absolute Gasteiger partial charge is 0.374 e. The Morgan fingerprint density at radius 2 is 2.16 bits per heavy atom. The maximum Gasteiger partial charge on any atom is 0.374 e. The number of carbonyl (C=O) groups is 1. The van der Waals surface area contributed by atoms with Gasteiger partial charge in [-0.25, -0.2) is 0 Å². The summed E-state index contributed by atoms with van der Waals surface area (Å²) in [5.74, 6) is -1.04. The van der Waals surface area contributed by atoms with E-state index in [2.05, 4.69) is 10.5 Å². The number of hydrogen-bond donors (Lipinski definition) is 4. The lowest BCUT2D eigenvalue weighted by Gasteiger charge is -2.20. The van der Waals surface area contributed by atoms with E-state index in [4.69, 9.17) is 19.3 Å². The van der Waals surface area contributed by atoms with Gasteiger partial charge >= 0.3 is 13.0 Å². The van der Waals surface area contributed by atoms with E-state index in [1.54, 1.807) is 6.82 Å². The molecule has 0 aromatic rings. The highest BCUT2D eigenvalue weighted by atomic mass is 16.7. The zero-order chi connectivity index (χ0) is 18.9. The van der Waals surface area contributed by atoms with Gasteiger partial charge in [-0.2, -0.15) is 0 Å². The normalized spacial score (nSPS) is 21.8. The van der Waals surface area contributed by atoms with Crippen LogP contribution in [0, 0.1) is 0 Å². The van der Waals surface area contributed by atoms with Gasteiger partial charge in [0.05, 0.1) is 19.3 Å². The third kappa shape index (κ3) is 9.53. The van der Waals surface area contributed by atoms with Gasteiger partial charge in [0.25, 0.3) is 0 Å². The molecule has 1 rings (SSSR count). The lowest BCUT2D eigenvalue weighted by Crippen LogP contribution is -2.46. The van der Waals surface area contributed by atoms with E-state index in [0.717, 1.165) is 19.4 Å². The van der Waals surface area contributed by atoms with Crippen molar-refractivity contribution in [2.24, 2.45) is 0 Å². The van der Waals surface area contributed by atoms with E-state index >= 15 is 0 Å². The molecule has 0 radical (unpaired) electrons. The van der Waals surface area contributed by atoms with Crippen LogP contribution in [0.15, 0.2) is 0 Å². The summed E-state index contributed by atoms with van der Waals surface area (Å²) in [5, 5.41) is 24.5. The van der Waals surface area contributed by atoms with Crippen LogP contribution in [0.5, 0.6) is 0 Å². The van der Waals surface area contributed by atoms with Gasteiger partial charge in [0, 0.05) is 6.04 Å². The summed E-state index contributed by atoms with van der Waals surface area (Å²) < 4.78 is 16.4. The van der Waals surface area contributed by atoms with Crippen molar-refractivity contribution in [3.8, 4) is 0 Å². The Balaban J connectivity index is 2.31. The van der Waals surface area contributed by atoms with Crippen LogP contribution in [-0.2, 0) is 19.0 Å². The first kappa shape index (κ1) is 22.3. The summed E-state index contributed by atoms with van der Waals surface area (Å²) in [6, 6.07) is -0.500. The van der Waals surface area contributed by atoms with Crippen molar-refractivity contribution in [3.63, 3.8) is 0 Å². The fourth-order valence-electron chi connectivity index (χ4n) is 2.57. The van der Waals surface area contributed by atoms with E-state index in [-0.39, 0.29) is 25.4 Å². The first-order valence-electron chi connectivity index (χ1n) is 9.00. The Hall–Kier alpha value is -0.705. The Kier molecular flexibility index (Phi) is 9.92. The Morgan fingerprint density at radius 3 is 2.72 bits per heavy atom. The van der Waals surface area contributed by atoms with Gasteiger partial charge in [0.15, 0.2) is 5.79 Å². The molecular formula is C16H33BN2O6. The van der Waals surface area contributed by atoms with Gasteiger partial charge in [-0.15, -0.1) is 0 Å². The molecule has 0 aromatic carbocycles. The van der Waals surface area contributed by atoms with Crippen molar-refractivity contribution in [2.45, 2.75) is 70.8 Å². The highest BCUT2D eigenvalue weighted by Gasteiger charge is 2.34. The van der Waals surface area contributed by atoms with Crippen LogP contribution in [0.2, 0.25) is 6.82 Å². The van der Waals surface area contributed by atoms with Crippen LogP contribution in [0.25, 0.3) is 0 Å². The van der Waals surface area contributed by atoms with Crippen LogP contribution < -0.4 is 10.5 Å². The number of rotatable bonds is 12. The van der Waals surface area contributed by atoms with Gasteiger partial charge in [0.2, 0.25) is 0 Å². The highest BCUT2D eigenvalue weighted by Crippen LogP contribution is 2.22. The van der Waals surface area contributed by atoms with Crippen molar-refractivity contribution in [1.82, 2.24) is 10.5 Å². The zero-order valence-electron chi connectivity index (χ0n) is 15.8. The van der Waals surface area contributed by atoms with Crippen molar-refractivity contribution >= 4 is 13.0 Å². The van der Waals surface area contributed by atoms with Crippen molar-refractivity contribution in [1.29, 1.82) is 0 Å². The standard InChI is InChI=1S/C16H33BN2O6/c1-12(9-20)18-8-6-5-7-14(19-17(4)22)15(21)23-10-13-11-24-16(2,3)25-13/h12-14,18-20,22H,5-11H2,1-4H3/t12?,13?,14-/m0/s1. The second kappa shape index (κ2) is 11.1. The fraction of sp³-hybridized carbons (Fsp3) is 0.938. The number of ether oxygens (including phenoxy) is 3. The molecule has 1 fully saturated rings. The lowest BCUT2D eigenvalue weighted by atomic mass is 9.86. The molecule has 9 heteroatoms. The number of aliphatic hydroxyl groups is 1. The third-order valence-corrected chi connectivity index (χ3v) is 3.89. The quantitative estimate of drug-likeness (QED) is 0.217. The SMILES string of the molecule is CB(O)N[C@@H](CCCCNC(C)CO)C(=O)OCC1COC(C)(C)O1. The minimum absolute atomic E-state index is 0.0641. The van der Waals surface area contributed by atoms with Crippen molar-refractivity contribution in [3.05, 3.63) is 0 Å². The number of carbonyl (C=O) groups excluding carboxylic acids is 1. The number of nitrogens with one attached hydrogen (secondary N) is 2. The van der Waals surface area contributed by atoms with E-state index in [1.165, 1.54) is 0 Å². The second-order valence-electron chi connectivity index (χ2n) is 7.01. The first-order valence-corrected chi connectivity index (χ1v) is 9.00. The van der Waals surface area contributed by atoms with Gasteiger partial charge in [-0.1, -0.05) is 6.42 Å². The average Bonchev–Trinajstić information content (AvgIpc) is 2.89. The molecular weight excluding hydrogens is 327 g/mol. The molecule has 25 heavy (non-hydrogen) atoms. The summed E-state index contributed by atoms with van der Waals surface area (Å²) in [7, 11) is -0.796. The molecule has 0 amide bonds. The van der Waals surface area contributed by atoms with E-state index in [0.29, 0.717) is 13.0 Å². The molecule has 146 valence electrons. The minimum Gasteiger partial charge on any atom is -0.462 e. The monoisotopic (exact) mass is 360 g/mol. The second-order valence-corrected chi connectivity index (χ2v) is 7.01. The number of hydrogen-bond acceptors (Lipinski definition) is 8. The summed E-state index contributed by atoms with van der Waals surface area (Å²) in [6.45, 7) is 8.51. The van der Waals surface area contributed by atoms with Crippen LogP contribution in [0.4, 0.5) is 0 Å². The summed E-state index contributed by atoms with van der Waals surface area (Å²) in [5.41, 5.74) is 0. The van der Waals surface area contributed by atoms with Crippen LogP contribution >= 0.6 is 0 Å². The lowest BCUT2D eigenvalue weighted by molar-refractivity contribution is -0.159. The number of unbranched alkanes of at least 4 members (excludes halogenated alkanes) is 1. The molecule has 0 spiro atoms. The van der Waals surface area contributed by atoms with E-state index in [9.17, 15) is 9.82 Å². The zero-order valence-corrected chi connectivity index (χ0v) is 15.8. The molecule has 2 unspecified atom stereocenters. The molecule has 1 aliphatic heterocycles. The molecule has 4 N–H and O–H groups in total. The highest BCUT2D eigenvalue weighted by molar-refractivity contribution is 6.46. The van der Waals surface area contributed by atoms with Crippen LogP contribution in [0.3, 0.4) is 0 Å². The maximum atomic E-state index is 12.3. The third-order valence-electron chi connectivity index (χ3n) is 3.89. The molecule has 8 nitrogen and oxygen atoms in total. The van der Waals surface area contributed by atoms with Gasteiger partial charge in [-0.05, 0) is 47.0 Å². The predicted octanol–water partition coefficient (Wildman–Crippen LogP) is -0.110. The summed E-state index contributed by atoms with van der Waals surface area (Å²) in [4.78, 5) is 12.3. The molecule has 1 heterocycles. The Morgan fingerprint density at radius 1 is 1.44 bits per heavy atom. The Bertz CT molecular complexity index is 397. The Labute approximate surface area is 150 Å². The number of aliphatic hydroxyl groups excluding tert-OH is 1. The molecule has 1 saturated heterocycles. The molecule has 0 bridgehead atoms.